The molecule has 7 aromatic rings. The van der Waals surface area contributed by atoms with Gasteiger partial charge in [0, 0.05) is 73.3 Å². The maximum Gasteiger partial charge on any atom is 0.210 e. The van der Waals surface area contributed by atoms with E-state index in [9.17, 15) is 0 Å². The number of aromatic nitrogens is 4. The summed E-state index contributed by atoms with van der Waals surface area (Å²) in [4.78, 5) is 8.27. The van der Waals surface area contributed by atoms with Crippen molar-refractivity contribution in [1.29, 1.82) is 0 Å². The van der Waals surface area contributed by atoms with E-state index < -0.39 is 0 Å². The van der Waals surface area contributed by atoms with Gasteiger partial charge in [0.05, 0.1) is 0 Å². The summed E-state index contributed by atoms with van der Waals surface area (Å²) >= 11 is 0. The van der Waals surface area contributed by atoms with Gasteiger partial charge in [-0.15, -0.1) is 0 Å². The highest BCUT2D eigenvalue weighted by Gasteiger charge is 2.18. The summed E-state index contributed by atoms with van der Waals surface area (Å²) in [5.41, 5.74) is 14.8. The smallest absolute Gasteiger partial charge is 0.210 e. The molecule has 0 aliphatic carbocycles. The van der Waals surface area contributed by atoms with Crippen LogP contribution < -0.4 is 9.13 Å². The number of hydrogen-bond donors (Lipinski definition) is 0. The van der Waals surface area contributed by atoms with E-state index in [1.165, 1.54) is 55.6 Å². The molecule has 0 amide bonds. The van der Waals surface area contributed by atoms with Crippen LogP contribution in [0, 0.1) is 0 Å². The van der Waals surface area contributed by atoms with Gasteiger partial charge in [-0.2, -0.15) is 9.13 Å². The Morgan fingerprint density at radius 3 is 1.00 bits per heavy atom. The first-order valence-electron chi connectivity index (χ1n) is 16.7. The Bertz CT molecular complexity index is 1960. The highest BCUT2D eigenvalue weighted by molar-refractivity contribution is 5.78. The molecule has 0 N–H and O–H groups in total. The first-order valence-corrected chi connectivity index (χ1v) is 16.7. The zero-order chi connectivity index (χ0) is 33.0. The number of rotatable bonds is 8. The molecule has 0 bridgehead atoms. The quantitative estimate of drug-likeness (QED) is 0.158. The number of pyridine rings is 4. The lowest BCUT2D eigenvalue weighted by molar-refractivity contribution is -0.595. The van der Waals surface area contributed by atoms with Crippen molar-refractivity contribution in [2.24, 2.45) is 0 Å². The van der Waals surface area contributed by atoms with Crippen molar-refractivity contribution in [3.8, 4) is 55.9 Å². The Labute approximate surface area is 283 Å². The summed E-state index contributed by atoms with van der Waals surface area (Å²) in [7, 11) is 0. The van der Waals surface area contributed by atoms with Crippen LogP contribution in [0.3, 0.4) is 0 Å². The maximum absolute atomic E-state index is 4.14. The molecule has 3 aromatic carbocycles. The molecule has 0 spiro atoms. The third-order valence-corrected chi connectivity index (χ3v) is 9.10. The predicted molar refractivity (Wildman–Crippen MR) is 195 cm³/mol. The van der Waals surface area contributed by atoms with Crippen molar-refractivity contribution >= 4 is 0 Å². The largest absolute Gasteiger partial charge is 0.265 e. The zero-order valence-electron chi connectivity index (χ0n) is 28.0. The lowest BCUT2D eigenvalue weighted by Gasteiger charge is -2.21. The van der Waals surface area contributed by atoms with E-state index in [0.29, 0.717) is 11.8 Å². The molecule has 0 aliphatic heterocycles. The molecular weight excluding hydrogens is 585 g/mol. The van der Waals surface area contributed by atoms with E-state index in [-0.39, 0.29) is 0 Å². The molecule has 0 unspecified atom stereocenters. The maximum atomic E-state index is 4.14. The summed E-state index contributed by atoms with van der Waals surface area (Å²) in [6.45, 7) is 9.17. The molecule has 0 aliphatic rings. The normalized spacial score (nSPS) is 11.3. The van der Waals surface area contributed by atoms with Crippen molar-refractivity contribution in [3.05, 3.63) is 170 Å². The molecule has 7 rings (SSSR count). The minimum atomic E-state index is 0.378. The van der Waals surface area contributed by atoms with Crippen LogP contribution in [0.1, 0.15) is 50.7 Å². The fourth-order valence-electron chi connectivity index (χ4n) is 6.39. The third-order valence-electron chi connectivity index (χ3n) is 9.10. The Hall–Kier alpha value is -5.74. The van der Waals surface area contributed by atoms with Crippen molar-refractivity contribution in [2.75, 3.05) is 0 Å². The molecule has 4 heteroatoms. The van der Waals surface area contributed by atoms with Crippen LogP contribution >= 0.6 is 0 Å². The zero-order valence-corrected chi connectivity index (χ0v) is 28.0. The van der Waals surface area contributed by atoms with Crippen LogP contribution in [-0.2, 0) is 0 Å². The molecule has 48 heavy (non-hydrogen) atoms. The minimum absolute atomic E-state index is 0.378. The van der Waals surface area contributed by atoms with Crippen molar-refractivity contribution in [2.45, 2.75) is 39.5 Å². The SMILES string of the molecule is CC(C)c1cc(-c2ccc(-[n+]3ccc(-c4ccncc4)cc3)cc2)c(C(C)C)cc1-c1ccc(-[n+]2ccc(-c3ccncc3)cc2)cc1. The molecule has 4 aromatic heterocycles. The van der Waals surface area contributed by atoms with Gasteiger partial charge in [-0.05, 0) is 128 Å². The van der Waals surface area contributed by atoms with E-state index in [2.05, 4.69) is 157 Å². The highest BCUT2D eigenvalue weighted by atomic mass is 14.9. The standard InChI is InChI=1S/C44H40N4/c1-31(2)41-29-44(38-7-11-40(12-8-38)48-27-19-36(20-28-48)34-15-23-46-24-16-34)42(32(3)4)30-43(41)37-5-9-39(10-6-37)47-25-17-35(18-26-47)33-13-21-45-22-14-33/h5-32H,1-4H3/q+2. The molecule has 4 heterocycles. The molecule has 0 radical (unpaired) electrons. The lowest BCUT2D eigenvalue weighted by Crippen LogP contribution is -2.29. The van der Waals surface area contributed by atoms with Crippen LogP contribution in [-0.4, -0.2) is 9.97 Å². The van der Waals surface area contributed by atoms with Crippen LogP contribution in [0.15, 0.2) is 159 Å². The second-order valence-corrected chi connectivity index (χ2v) is 12.9. The average molecular weight is 625 g/mol. The molecule has 0 saturated heterocycles. The van der Waals surface area contributed by atoms with E-state index in [1.807, 2.05) is 49.1 Å². The topological polar surface area (TPSA) is 33.5 Å². The van der Waals surface area contributed by atoms with Crippen molar-refractivity contribution < 1.29 is 9.13 Å². The van der Waals surface area contributed by atoms with Gasteiger partial charge in [0.1, 0.15) is 0 Å². The van der Waals surface area contributed by atoms with Crippen LogP contribution in [0.5, 0.6) is 0 Å². The van der Waals surface area contributed by atoms with Crippen molar-refractivity contribution in [1.82, 2.24) is 9.97 Å². The first kappa shape index (κ1) is 30.9. The van der Waals surface area contributed by atoms with Gasteiger partial charge in [0.2, 0.25) is 11.4 Å². The lowest BCUT2D eigenvalue weighted by atomic mass is 9.83. The molecule has 0 atom stereocenters. The van der Waals surface area contributed by atoms with Gasteiger partial charge in [0.25, 0.3) is 0 Å². The second-order valence-electron chi connectivity index (χ2n) is 12.9. The van der Waals surface area contributed by atoms with E-state index in [0.717, 1.165) is 11.4 Å². The Morgan fingerprint density at radius 2 is 0.688 bits per heavy atom. The van der Waals surface area contributed by atoms with Gasteiger partial charge in [0.15, 0.2) is 24.8 Å². The van der Waals surface area contributed by atoms with Gasteiger partial charge in [-0.25, -0.2) is 0 Å². The van der Waals surface area contributed by atoms with Gasteiger partial charge >= 0.3 is 0 Å². The molecule has 0 saturated carbocycles. The second kappa shape index (κ2) is 13.5. The fourth-order valence-corrected chi connectivity index (χ4v) is 6.39. The summed E-state index contributed by atoms with van der Waals surface area (Å²) in [5.74, 6) is 0.756. The van der Waals surface area contributed by atoms with Crippen LogP contribution in [0.2, 0.25) is 0 Å². The Kier molecular flexibility index (Phi) is 8.72. The number of hydrogen-bond acceptors (Lipinski definition) is 2. The monoisotopic (exact) mass is 624 g/mol. The van der Waals surface area contributed by atoms with E-state index >= 15 is 0 Å². The van der Waals surface area contributed by atoms with Crippen LogP contribution in [0.4, 0.5) is 0 Å². The molecular formula is C44H40N4+2. The number of nitrogens with zero attached hydrogens (tertiary/aromatic N) is 4. The van der Waals surface area contributed by atoms with Crippen LogP contribution in [0.25, 0.3) is 55.9 Å². The molecule has 234 valence electrons. The average Bonchev–Trinajstić information content (AvgIpc) is 3.15. The van der Waals surface area contributed by atoms with E-state index in [4.69, 9.17) is 0 Å². The summed E-state index contributed by atoms with van der Waals surface area (Å²) < 4.78 is 4.33. The van der Waals surface area contributed by atoms with E-state index in [1.54, 1.807) is 0 Å². The molecule has 4 nitrogen and oxygen atoms in total. The predicted octanol–water partition coefficient (Wildman–Crippen LogP) is 9.94. The Balaban J connectivity index is 1.17. The summed E-state index contributed by atoms with van der Waals surface area (Å²) in [5, 5.41) is 0. The fraction of sp³-hybridized carbons (Fsp3) is 0.136. The van der Waals surface area contributed by atoms with Gasteiger partial charge < -0.3 is 0 Å². The van der Waals surface area contributed by atoms with Crippen molar-refractivity contribution in [3.63, 3.8) is 0 Å². The molecule has 0 fully saturated rings. The van der Waals surface area contributed by atoms with Gasteiger partial charge in [-0.3, -0.25) is 9.97 Å². The third kappa shape index (κ3) is 6.43. The number of benzene rings is 3. The highest BCUT2D eigenvalue weighted by Crippen LogP contribution is 2.39. The van der Waals surface area contributed by atoms with Gasteiger partial charge in [-0.1, -0.05) is 27.7 Å². The summed E-state index contributed by atoms with van der Waals surface area (Å²) in [6.07, 6.45) is 15.8. The first-order chi connectivity index (χ1) is 23.4. The minimum Gasteiger partial charge on any atom is -0.265 e. The summed E-state index contributed by atoms with van der Waals surface area (Å²) in [6, 6.07) is 39.5. The Morgan fingerprint density at radius 1 is 0.375 bits per heavy atom.